The van der Waals surface area contributed by atoms with Crippen LogP contribution in [0.15, 0.2) is 53.3 Å². The van der Waals surface area contributed by atoms with Crippen LogP contribution in [0.4, 0.5) is 5.69 Å². The number of hydrogen-bond donors (Lipinski definition) is 2. The Balaban J connectivity index is 1.58. The molecule has 0 saturated heterocycles. The maximum Gasteiger partial charge on any atom is 0.258 e. The normalized spacial score (nSPS) is 11.0. The standard InChI is InChI=1S/C23H27N5O3/c1-4-28(13-20-25-19-8-6-5-7-18(19)23(31)26-20)15-22(30)27(3)14-21(29)24-17-11-9-16(2)10-12-17/h5-12H,4,13-15H2,1-3H3,(H,24,29)(H,25,26,31). The van der Waals surface area contributed by atoms with Gasteiger partial charge in [0.05, 0.1) is 30.5 Å². The smallest absolute Gasteiger partial charge is 0.258 e. The predicted octanol–water partition coefficient (Wildman–Crippen LogP) is 2.15. The van der Waals surface area contributed by atoms with Crippen molar-refractivity contribution in [1.82, 2.24) is 19.8 Å². The molecule has 0 unspecified atom stereocenters. The minimum atomic E-state index is -0.261. The van der Waals surface area contributed by atoms with Gasteiger partial charge in [0.15, 0.2) is 0 Å². The second-order valence-corrected chi connectivity index (χ2v) is 7.50. The highest BCUT2D eigenvalue weighted by Gasteiger charge is 2.17. The molecule has 8 nitrogen and oxygen atoms in total. The minimum absolute atomic E-state index is 0.0463. The monoisotopic (exact) mass is 421 g/mol. The van der Waals surface area contributed by atoms with Crippen LogP contribution >= 0.6 is 0 Å². The molecule has 8 heteroatoms. The van der Waals surface area contributed by atoms with E-state index in [2.05, 4.69) is 15.3 Å². The highest BCUT2D eigenvalue weighted by atomic mass is 16.2. The van der Waals surface area contributed by atoms with Gasteiger partial charge in [-0.05, 0) is 37.7 Å². The van der Waals surface area contributed by atoms with Crippen molar-refractivity contribution in [3.63, 3.8) is 0 Å². The van der Waals surface area contributed by atoms with E-state index in [-0.39, 0.29) is 30.5 Å². The number of rotatable bonds is 8. The summed E-state index contributed by atoms with van der Waals surface area (Å²) in [6.45, 7) is 4.88. The number of likely N-dealkylation sites (N-methyl/N-ethyl adjacent to an activating group) is 2. The molecule has 0 aliphatic carbocycles. The summed E-state index contributed by atoms with van der Waals surface area (Å²) in [5.74, 6) is 0.0467. The van der Waals surface area contributed by atoms with Crippen LogP contribution in [0.3, 0.4) is 0 Å². The van der Waals surface area contributed by atoms with E-state index in [9.17, 15) is 14.4 Å². The van der Waals surface area contributed by atoms with Crippen LogP contribution in [0.1, 0.15) is 18.3 Å². The number of benzene rings is 2. The lowest BCUT2D eigenvalue weighted by Crippen LogP contribution is -2.41. The molecule has 1 aromatic heterocycles. The SMILES string of the molecule is CCN(CC(=O)N(C)CC(=O)Nc1ccc(C)cc1)Cc1nc2ccccc2c(=O)[nH]1. The Hall–Kier alpha value is -3.52. The molecule has 0 saturated carbocycles. The molecule has 2 aromatic carbocycles. The van der Waals surface area contributed by atoms with E-state index < -0.39 is 0 Å². The van der Waals surface area contributed by atoms with Crippen LogP contribution in [0.25, 0.3) is 10.9 Å². The van der Waals surface area contributed by atoms with Crippen LogP contribution in [-0.4, -0.2) is 58.3 Å². The lowest BCUT2D eigenvalue weighted by molar-refractivity contribution is -0.134. The zero-order valence-electron chi connectivity index (χ0n) is 18.0. The van der Waals surface area contributed by atoms with Crippen molar-refractivity contribution in [2.75, 3.05) is 32.0 Å². The van der Waals surface area contributed by atoms with Gasteiger partial charge >= 0.3 is 0 Å². The Morgan fingerprint density at radius 1 is 1.06 bits per heavy atom. The van der Waals surface area contributed by atoms with Gasteiger partial charge in [0.1, 0.15) is 5.82 Å². The summed E-state index contributed by atoms with van der Waals surface area (Å²) in [6, 6.07) is 14.6. The molecule has 2 amide bonds. The van der Waals surface area contributed by atoms with Crippen LogP contribution in [0.2, 0.25) is 0 Å². The lowest BCUT2D eigenvalue weighted by Gasteiger charge is -2.23. The number of nitrogens with one attached hydrogen (secondary N) is 2. The molecule has 3 rings (SSSR count). The van der Waals surface area contributed by atoms with Crippen LogP contribution in [0.5, 0.6) is 0 Å². The number of H-pyrrole nitrogens is 1. The molecule has 2 N–H and O–H groups in total. The number of hydrogen-bond acceptors (Lipinski definition) is 5. The number of nitrogens with zero attached hydrogens (tertiary/aromatic N) is 3. The van der Waals surface area contributed by atoms with E-state index in [1.807, 2.05) is 49.1 Å². The molecule has 0 aliphatic rings. The van der Waals surface area contributed by atoms with E-state index in [0.29, 0.717) is 35.5 Å². The average molecular weight is 422 g/mol. The molecular weight excluding hydrogens is 394 g/mol. The fourth-order valence-electron chi connectivity index (χ4n) is 3.15. The number of aromatic amines is 1. The Bertz CT molecular complexity index is 1120. The van der Waals surface area contributed by atoms with Gasteiger partial charge in [0, 0.05) is 12.7 Å². The number of amides is 2. The van der Waals surface area contributed by atoms with Gasteiger partial charge in [-0.15, -0.1) is 0 Å². The highest BCUT2D eigenvalue weighted by molar-refractivity contribution is 5.94. The van der Waals surface area contributed by atoms with E-state index in [1.54, 1.807) is 25.2 Å². The van der Waals surface area contributed by atoms with Gasteiger partial charge in [-0.3, -0.25) is 19.3 Å². The lowest BCUT2D eigenvalue weighted by atomic mass is 10.2. The van der Waals surface area contributed by atoms with Gasteiger partial charge < -0.3 is 15.2 Å². The first kappa shape index (κ1) is 22.2. The minimum Gasteiger partial charge on any atom is -0.335 e. The van der Waals surface area contributed by atoms with Crippen molar-refractivity contribution in [3.8, 4) is 0 Å². The maximum atomic E-state index is 12.6. The Morgan fingerprint density at radius 2 is 1.77 bits per heavy atom. The molecule has 3 aromatic rings. The van der Waals surface area contributed by atoms with E-state index in [1.165, 1.54) is 4.90 Å². The summed E-state index contributed by atoms with van der Waals surface area (Å²) in [6.07, 6.45) is 0. The number of fused-ring (bicyclic) bond motifs is 1. The second-order valence-electron chi connectivity index (χ2n) is 7.50. The quantitative estimate of drug-likeness (QED) is 0.581. The number of carbonyl (C=O) groups excluding carboxylic acids is 2. The van der Waals surface area contributed by atoms with Crippen molar-refractivity contribution in [3.05, 3.63) is 70.3 Å². The van der Waals surface area contributed by atoms with Gasteiger partial charge in [-0.2, -0.15) is 0 Å². The molecule has 0 atom stereocenters. The molecule has 0 aliphatic heterocycles. The maximum absolute atomic E-state index is 12.6. The van der Waals surface area contributed by atoms with Crippen molar-refractivity contribution in [2.24, 2.45) is 0 Å². The third-order valence-corrected chi connectivity index (χ3v) is 4.98. The van der Waals surface area contributed by atoms with Crippen LogP contribution in [0, 0.1) is 6.92 Å². The number of aryl methyl sites for hydroxylation is 1. The van der Waals surface area contributed by atoms with Crippen LogP contribution in [-0.2, 0) is 16.1 Å². The summed E-state index contributed by atoms with van der Waals surface area (Å²) < 4.78 is 0. The first-order valence-electron chi connectivity index (χ1n) is 10.2. The third kappa shape index (κ3) is 5.99. The number of carbonyl (C=O) groups is 2. The van der Waals surface area contributed by atoms with Crippen molar-refractivity contribution < 1.29 is 9.59 Å². The number of aromatic nitrogens is 2. The molecule has 0 fully saturated rings. The highest BCUT2D eigenvalue weighted by Crippen LogP contribution is 2.09. The molecule has 0 spiro atoms. The second kappa shape index (κ2) is 9.99. The molecule has 1 heterocycles. The Kier molecular flexibility index (Phi) is 7.15. The predicted molar refractivity (Wildman–Crippen MR) is 121 cm³/mol. The summed E-state index contributed by atoms with van der Waals surface area (Å²) in [7, 11) is 1.60. The first-order chi connectivity index (χ1) is 14.9. The third-order valence-electron chi connectivity index (χ3n) is 4.98. The van der Waals surface area contributed by atoms with Gasteiger partial charge in [0.25, 0.3) is 5.56 Å². The van der Waals surface area contributed by atoms with E-state index >= 15 is 0 Å². The fourth-order valence-corrected chi connectivity index (χ4v) is 3.15. The zero-order valence-corrected chi connectivity index (χ0v) is 18.0. The van der Waals surface area contributed by atoms with Crippen LogP contribution < -0.4 is 10.9 Å². The van der Waals surface area contributed by atoms with Gasteiger partial charge in [-0.1, -0.05) is 36.8 Å². The molecule has 0 bridgehead atoms. The van der Waals surface area contributed by atoms with E-state index in [0.717, 1.165) is 5.56 Å². The summed E-state index contributed by atoms with van der Waals surface area (Å²) >= 11 is 0. The van der Waals surface area contributed by atoms with Crippen molar-refractivity contribution in [1.29, 1.82) is 0 Å². The Morgan fingerprint density at radius 3 is 2.48 bits per heavy atom. The molecule has 0 radical (unpaired) electrons. The Labute approximate surface area is 180 Å². The number of anilines is 1. The summed E-state index contributed by atoms with van der Waals surface area (Å²) in [5.41, 5.74) is 2.21. The zero-order chi connectivity index (χ0) is 22.4. The van der Waals surface area contributed by atoms with Crippen molar-refractivity contribution >= 4 is 28.4 Å². The first-order valence-corrected chi connectivity index (χ1v) is 10.2. The molecular formula is C23H27N5O3. The molecule has 31 heavy (non-hydrogen) atoms. The molecule has 162 valence electrons. The van der Waals surface area contributed by atoms with Crippen molar-refractivity contribution in [2.45, 2.75) is 20.4 Å². The fraction of sp³-hybridized carbons (Fsp3) is 0.304. The number of para-hydroxylation sites is 1. The van der Waals surface area contributed by atoms with Gasteiger partial charge in [-0.25, -0.2) is 4.98 Å². The average Bonchev–Trinajstić information content (AvgIpc) is 2.74. The van der Waals surface area contributed by atoms with E-state index in [4.69, 9.17) is 0 Å². The summed E-state index contributed by atoms with van der Waals surface area (Å²) in [5, 5.41) is 3.32. The topological polar surface area (TPSA) is 98.4 Å². The summed E-state index contributed by atoms with van der Waals surface area (Å²) in [4.78, 5) is 47.7. The van der Waals surface area contributed by atoms with Gasteiger partial charge in [0.2, 0.25) is 11.8 Å². The largest absolute Gasteiger partial charge is 0.335 e.